The number of rotatable bonds is 4. The lowest BCUT2D eigenvalue weighted by atomic mass is 10.1. The third-order valence-corrected chi connectivity index (χ3v) is 6.22. The predicted molar refractivity (Wildman–Crippen MR) is 140 cm³/mol. The zero-order chi connectivity index (χ0) is 26.5. The first-order valence-corrected chi connectivity index (χ1v) is 11.9. The van der Waals surface area contributed by atoms with Gasteiger partial charge in [-0.3, -0.25) is 19.2 Å². The van der Waals surface area contributed by atoms with Gasteiger partial charge in [-0.1, -0.05) is 12.1 Å². The monoisotopic (exact) mass is 498 g/mol. The highest BCUT2D eigenvalue weighted by atomic mass is 16.6. The molecule has 10 heteroatoms. The molecule has 1 saturated carbocycles. The Labute approximate surface area is 212 Å². The third kappa shape index (κ3) is 4.63. The van der Waals surface area contributed by atoms with Crippen molar-refractivity contribution in [3.05, 3.63) is 59.1 Å². The topological polar surface area (TPSA) is 131 Å². The first-order valence-electron chi connectivity index (χ1n) is 11.9. The van der Waals surface area contributed by atoms with E-state index in [-0.39, 0.29) is 23.4 Å². The maximum atomic E-state index is 13.2. The van der Waals surface area contributed by atoms with Gasteiger partial charge in [-0.25, -0.2) is 14.6 Å². The van der Waals surface area contributed by atoms with Crippen LogP contribution in [0.4, 0.5) is 16.3 Å². The van der Waals surface area contributed by atoms with Gasteiger partial charge < -0.3 is 10.1 Å². The highest BCUT2D eigenvalue weighted by molar-refractivity contribution is 6.03. The smallest absolute Gasteiger partial charge is 0.412 e. The van der Waals surface area contributed by atoms with Crippen molar-refractivity contribution in [3.8, 4) is 11.8 Å². The van der Waals surface area contributed by atoms with E-state index in [1.54, 1.807) is 61.3 Å². The minimum atomic E-state index is -0.704. The fraction of sp³-hybridized carbons (Fsp3) is 0.296. The van der Waals surface area contributed by atoms with Gasteiger partial charge in [-0.2, -0.15) is 5.26 Å². The summed E-state index contributed by atoms with van der Waals surface area (Å²) in [6, 6.07) is 14.7. The quantitative estimate of drug-likeness (QED) is 0.431. The number of para-hydroxylation sites is 2. The van der Waals surface area contributed by atoms with Crippen LogP contribution in [-0.2, 0) is 16.6 Å². The molecule has 4 aromatic rings. The number of ether oxygens (including phenoxy) is 1. The molecule has 0 unspecified atom stereocenters. The molecule has 2 atom stereocenters. The Morgan fingerprint density at radius 1 is 1.14 bits per heavy atom. The van der Waals surface area contributed by atoms with Crippen molar-refractivity contribution in [2.75, 3.05) is 10.6 Å². The lowest BCUT2D eigenvalue weighted by molar-refractivity contribution is -0.117. The van der Waals surface area contributed by atoms with Gasteiger partial charge in [0, 0.05) is 18.6 Å². The number of aryl methyl sites for hydroxylation is 1. The van der Waals surface area contributed by atoms with Crippen LogP contribution in [0.5, 0.6) is 0 Å². The molecule has 0 radical (unpaired) electrons. The SMILES string of the molecule is Cn1c(=O)n(-c2cc(NC(=O)OC(C)(C)C)c3cnc(NC(=O)[C@@H]4C[C@H]4C#N)cc3c2)c2ccccc21. The highest BCUT2D eigenvalue weighted by Gasteiger charge is 2.43. The minimum Gasteiger partial charge on any atom is -0.444 e. The zero-order valence-electron chi connectivity index (χ0n) is 20.9. The van der Waals surface area contributed by atoms with Crippen LogP contribution in [0.3, 0.4) is 0 Å². The van der Waals surface area contributed by atoms with E-state index in [0.717, 1.165) is 5.52 Å². The average molecular weight is 499 g/mol. The molecular weight excluding hydrogens is 472 g/mol. The summed E-state index contributed by atoms with van der Waals surface area (Å²) in [5.74, 6) is -0.555. The summed E-state index contributed by atoms with van der Waals surface area (Å²) in [5.41, 5.74) is 1.44. The average Bonchev–Trinajstić information content (AvgIpc) is 3.58. The Hall–Kier alpha value is -4.65. The van der Waals surface area contributed by atoms with Crippen molar-refractivity contribution >= 4 is 45.3 Å². The largest absolute Gasteiger partial charge is 0.444 e. The lowest BCUT2D eigenvalue weighted by Crippen LogP contribution is -2.27. The fourth-order valence-corrected chi connectivity index (χ4v) is 4.35. The fourth-order valence-electron chi connectivity index (χ4n) is 4.35. The molecule has 2 amide bonds. The number of carbonyl (C=O) groups excluding carboxylic acids is 2. The number of fused-ring (bicyclic) bond motifs is 2. The molecule has 1 aliphatic rings. The summed E-state index contributed by atoms with van der Waals surface area (Å²) in [6.45, 7) is 5.30. The van der Waals surface area contributed by atoms with Crippen LogP contribution < -0.4 is 16.3 Å². The molecule has 2 aromatic carbocycles. The first kappa shape index (κ1) is 24.1. The molecule has 0 spiro atoms. The number of nitrogens with one attached hydrogen (secondary N) is 2. The van der Waals surface area contributed by atoms with Crippen molar-refractivity contribution in [1.82, 2.24) is 14.1 Å². The summed E-state index contributed by atoms with van der Waals surface area (Å²) in [4.78, 5) is 42.7. The van der Waals surface area contributed by atoms with Gasteiger partial charge in [0.1, 0.15) is 11.4 Å². The second kappa shape index (κ2) is 8.78. The number of nitriles is 1. The normalized spacial score (nSPS) is 16.8. The van der Waals surface area contributed by atoms with Gasteiger partial charge in [-0.15, -0.1) is 0 Å². The number of carbonyl (C=O) groups is 2. The molecule has 1 fully saturated rings. The maximum Gasteiger partial charge on any atom is 0.412 e. The van der Waals surface area contributed by atoms with Crippen LogP contribution in [0.25, 0.3) is 27.5 Å². The molecule has 37 heavy (non-hydrogen) atoms. The second-order valence-electron chi connectivity index (χ2n) is 10.1. The van der Waals surface area contributed by atoms with Crippen LogP contribution in [0.15, 0.2) is 53.5 Å². The molecule has 2 heterocycles. The minimum absolute atomic E-state index is 0.248. The Kier molecular flexibility index (Phi) is 5.71. The molecule has 0 bridgehead atoms. The number of amides is 2. The van der Waals surface area contributed by atoms with E-state index >= 15 is 0 Å². The van der Waals surface area contributed by atoms with Crippen molar-refractivity contribution in [2.24, 2.45) is 18.9 Å². The number of hydrogen-bond acceptors (Lipinski definition) is 6. The molecule has 188 valence electrons. The highest BCUT2D eigenvalue weighted by Crippen LogP contribution is 2.38. The third-order valence-electron chi connectivity index (χ3n) is 6.22. The predicted octanol–water partition coefficient (Wildman–Crippen LogP) is 4.32. The molecule has 0 aliphatic heterocycles. The Bertz CT molecular complexity index is 1670. The standard InChI is InChI=1S/C27H26N6O4/c1-27(2,3)37-25(35)30-20-12-17(33-22-8-6-5-7-21(22)32(4)26(33)36)9-15-11-23(29-14-19(15)20)31-24(34)18-10-16(18)13-28/h5-9,11-12,14,16,18H,10H2,1-4H3,(H,30,35)(H,29,31,34)/t16-,18+/m0/s1. The number of nitrogens with zero attached hydrogens (tertiary/aromatic N) is 4. The number of anilines is 2. The van der Waals surface area contributed by atoms with Crippen LogP contribution in [0.2, 0.25) is 0 Å². The Morgan fingerprint density at radius 3 is 2.54 bits per heavy atom. The molecule has 0 saturated heterocycles. The van der Waals surface area contributed by atoms with E-state index in [1.807, 2.05) is 24.3 Å². The van der Waals surface area contributed by atoms with Gasteiger partial charge in [0.05, 0.1) is 40.3 Å². The summed E-state index contributed by atoms with van der Waals surface area (Å²) in [7, 11) is 1.70. The molecule has 2 aromatic heterocycles. The van der Waals surface area contributed by atoms with Crippen LogP contribution in [-0.4, -0.2) is 31.7 Å². The van der Waals surface area contributed by atoms with E-state index in [2.05, 4.69) is 21.7 Å². The molecule has 2 N–H and O–H groups in total. The van der Waals surface area contributed by atoms with Gasteiger partial charge in [0.2, 0.25) is 5.91 Å². The molecule has 5 rings (SSSR count). The Balaban J connectivity index is 1.62. The zero-order valence-corrected chi connectivity index (χ0v) is 20.9. The molecular formula is C27H26N6O4. The first-order chi connectivity index (χ1) is 17.6. The van der Waals surface area contributed by atoms with Crippen LogP contribution >= 0.6 is 0 Å². The number of benzene rings is 2. The van der Waals surface area contributed by atoms with Gasteiger partial charge in [0.15, 0.2) is 0 Å². The van der Waals surface area contributed by atoms with Crippen LogP contribution in [0.1, 0.15) is 27.2 Å². The van der Waals surface area contributed by atoms with Gasteiger partial charge in [0.25, 0.3) is 0 Å². The van der Waals surface area contributed by atoms with Gasteiger partial charge >= 0.3 is 11.8 Å². The van der Waals surface area contributed by atoms with E-state index in [0.29, 0.717) is 39.9 Å². The van der Waals surface area contributed by atoms with E-state index in [1.165, 1.54) is 0 Å². The second-order valence-corrected chi connectivity index (χ2v) is 10.1. The summed E-state index contributed by atoms with van der Waals surface area (Å²) < 4.78 is 8.56. The number of aromatic nitrogens is 3. The maximum absolute atomic E-state index is 13.2. The van der Waals surface area contributed by atoms with Crippen molar-refractivity contribution in [1.29, 1.82) is 5.26 Å². The Morgan fingerprint density at radius 2 is 1.86 bits per heavy atom. The summed E-state index contributed by atoms with van der Waals surface area (Å²) >= 11 is 0. The van der Waals surface area contributed by atoms with Crippen molar-refractivity contribution < 1.29 is 14.3 Å². The van der Waals surface area contributed by atoms with E-state index in [9.17, 15) is 14.4 Å². The number of imidazole rings is 1. The number of hydrogen-bond donors (Lipinski definition) is 2. The summed E-state index contributed by atoms with van der Waals surface area (Å²) in [6.07, 6.45) is 1.43. The van der Waals surface area contributed by atoms with Crippen molar-refractivity contribution in [2.45, 2.75) is 32.8 Å². The molecule has 10 nitrogen and oxygen atoms in total. The van der Waals surface area contributed by atoms with Crippen LogP contribution in [0, 0.1) is 23.2 Å². The number of pyridine rings is 1. The van der Waals surface area contributed by atoms with Crippen molar-refractivity contribution in [3.63, 3.8) is 0 Å². The van der Waals surface area contributed by atoms with E-state index < -0.39 is 11.7 Å². The van der Waals surface area contributed by atoms with Gasteiger partial charge in [-0.05, 0) is 62.9 Å². The summed E-state index contributed by atoms with van der Waals surface area (Å²) in [5, 5.41) is 15.8. The molecule has 1 aliphatic carbocycles. The van der Waals surface area contributed by atoms with E-state index in [4.69, 9.17) is 10.00 Å². The lowest BCUT2D eigenvalue weighted by Gasteiger charge is -2.20.